The number of nitrogens with zero attached hydrogens (tertiary/aromatic N) is 4. The van der Waals surface area contributed by atoms with Crippen molar-refractivity contribution in [3.8, 4) is 10.4 Å². The van der Waals surface area contributed by atoms with Gasteiger partial charge in [-0.25, -0.2) is 0 Å². The molecule has 2 aromatic heterocycles. The minimum Gasteiger partial charge on any atom is -0.340 e. The maximum absolute atomic E-state index is 12.5. The fourth-order valence-corrected chi connectivity index (χ4v) is 3.74. The molecule has 4 rings (SSSR count). The van der Waals surface area contributed by atoms with Crippen molar-refractivity contribution < 1.29 is 4.79 Å². The first-order valence-corrected chi connectivity index (χ1v) is 9.31. The lowest BCUT2D eigenvalue weighted by Crippen LogP contribution is -2.47. The first-order chi connectivity index (χ1) is 12.2. The van der Waals surface area contributed by atoms with Gasteiger partial charge in [0, 0.05) is 44.0 Å². The molecule has 1 amide bonds. The Hall–Kier alpha value is -2.31. The molecular weight excluding hydrogens is 332 g/mol. The summed E-state index contributed by atoms with van der Waals surface area (Å²) in [6.45, 7) is 3.49. The lowest BCUT2D eigenvalue weighted by molar-refractivity contribution is -0.132. The molecular formula is C19H20N4OS. The summed E-state index contributed by atoms with van der Waals surface area (Å²) in [5.74, 6) is 0.165. The highest BCUT2D eigenvalue weighted by Crippen LogP contribution is 2.27. The van der Waals surface area contributed by atoms with Crippen LogP contribution in [0.1, 0.15) is 5.69 Å². The summed E-state index contributed by atoms with van der Waals surface area (Å²) in [5.41, 5.74) is 3.82. The molecule has 0 radical (unpaired) electrons. The Bertz CT molecular complexity index is 886. The van der Waals surface area contributed by atoms with Crippen molar-refractivity contribution in [2.45, 2.75) is 6.42 Å². The first-order valence-electron chi connectivity index (χ1n) is 8.43. The molecule has 0 saturated carbocycles. The van der Waals surface area contributed by atoms with Crippen molar-refractivity contribution in [3.63, 3.8) is 0 Å². The van der Waals surface area contributed by atoms with Gasteiger partial charge in [0.15, 0.2) is 0 Å². The molecule has 3 heterocycles. The van der Waals surface area contributed by atoms with E-state index in [0.717, 1.165) is 53.1 Å². The second-order valence-corrected chi connectivity index (χ2v) is 7.35. The van der Waals surface area contributed by atoms with Crippen molar-refractivity contribution in [1.29, 1.82) is 0 Å². The van der Waals surface area contributed by atoms with E-state index in [4.69, 9.17) is 0 Å². The van der Waals surface area contributed by atoms with Crippen molar-refractivity contribution in [2.24, 2.45) is 0 Å². The number of carbonyl (C=O) groups is 1. The SMILES string of the molecule is CN1CCN(C(=O)Cc2cc3cc(-c4cncs4)ccc3cn2)CC1. The summed E-state index contributed by atoms with van der Waals surface area (Å²) in [6.07, 6.45) is 4.10. The van der Waals surface area contributed by atoms with Gasteiger partial charge >= 0.3 is 0 Å². The zero-order valence-electron chi connectivity index (χ0n) is 14.2. The van der Waals surface area contributed by atoms with Crippen LogP contribution in [0.5, 0.6) is 0 Å². The second-order valence-electron chi connectivity index (χ2n) is 6.46. The van der Waals surface area contributed by atoms with E-state index in [1.54, 1.807) is 11.3 Å². The highest BCUT2D eigenvalue weighted by Gasteiger charge is 2.19. The third kappa shape index (κ3) is 3.55. The topological polar surface area (TPSA) is 49.3 Å². The zero-order chi connectivity index (χ0) is 17.2. The zero-order valence-corrected chi connectivity index (χ0v) is 15.0. The average Bonchev–Trinajstić information content (AvgIpc) is 3.16. The van der Waals surface area contributed by atoms with Gasteiger partial charge in [-0.15, -0.1) is 11.3 Å². The lowest BCUT2D eigenvalue weighted by Gasteiger charge is -2.32. The van der Waals surface area contributed by atoms with Gasteiger partial charge in [0.25, 0.3) is 0 Å². The van der Waals surface area contributed by atoms with Gasteiger partial charge in [-0.05, 0) is 30.1 Å². The standard InChI is InChI=1S/C19H20N4OS/c1-22-4-6-23(7-5-22)19(24)10-17-9-16-8-14(18-12-20-13-25-18)2-3-15(16)11-21-17/h2-3,8-9,11-13H,4-7,10H2,1H3. The van der Waals surface area contributed by atoms with Gasteiger partial charge < -0.3 is 9.80 Å². The molecule has 128 valence electrons. The molecule has 0 atom stereocenters. The number of amides is 1. The molecule has 6 heteroatoms. The Labute approximate surface area is 150 Å². The molecule has 0 N–H and O–H groups in total. The Morgan fingerprint density at radius 1 is 1.12 bits per heavy atom. The van der Waals surface area contributed by atoms with Crippen LogP contribution in [0.25, 0.3) is 21.2 Å². The summed E-state index contributed by atoms with van der Waals surface area (Å²) >= 11 is 1.63. The van der Waals surface area contributed by atoms with Gasteiger partial charge in [0.05, 0.1) is 22.5 Å². The van der Waals surface area contributed by atoms with E-state index < -0.39 is 0 Å². The molecule has 1 aromatic carbocycles. The number of hydrogen-bond acceptors (Lipinski definition) is 5. The smallest absolute Gasteiger partial charge is 0.228 e. The Balaban J connectivity index is 1.54. The number of piperazine rings is 1. The summed E-state index contributed by atoms with van der Waals surface area (Å²) in [7, 11) is 2.09. The minimum absolute atomic E-state index is 0.165. The largest absolute Gasteiger partial charge is 0.340 e. The monoisotopic (exact) mass is 352 g/mol. The number of pyridine rings is 1. The lowest BCUT2D eigenvalue weighted by atomic mass is 10.1. The quantitative estimate of drug-likeness (QED) is 0.727. The Morgan fingerprint density at radius 3 is 2.72 bits per heavy atom. The number of fused-ring (bicyclic) bond motifs is 1. The first kappa shape index (κ1) is 16.2. The van der Waals surface area contributed by atoms with Crippen LogP contribution in [0.2, 0.25) is 0 Å². The summed E-state index contributed by atoms with van der Waals surface area (Å²) < 4.78 is 0. The molecule has 0 aliphatic carbocycles. The molecule has 5 nitrogen and oxygen atoms in total. The number of rotatable bonds is 3. The fraction of sp³-hybridized carbons (Fsp3) is 0.316. The number of hydrogen-bond donors (Lipinski definition) is 0. The van der Waals surface area contributed by atoms with Gasteiger partial charge in [-0.1, -0.05) is 12.1 Å². The third-order valence-corrected chi connectivity index (χ3v) is 5.51. The molecule has 0 bridgehead atoms. The Morgan fingerprint density at radius 2 is 1.96 bits per heavy atom. The van der Waals surface area contributed by atoms with E-state index in [9.17, 15) is 4.79 Å². The number of thiazole rings is 1. The van der Waals surface area contributed by atoms with E-state index in [0.29, 0.717) is 6.42 Å². The minimum atomic E-state index is 0.165. The summed E-state index contributed by atoms with van der Waals surface area (Å²) in [5, 5.41) is 2.20. The average molecular weight is 352 g/mol. The molecule has 1 aliphatic heterocycles. The molecule has 3 aromatic rings. The molecule has 0 unspecified atom stereocenters. The van der Waals surface area contributed by atoms with Crippen LogP contribution in [0.4, 0.5) is 0 Å². The van der Waals surface area contributed by atoms with Crippen molar-refractivity contribution in [1.82, 2.24) is 19.8 Å². The van der Waals surface area contributed by atoms with Gasteiger partial charge in [-0.3, -0.25) is 14.8 Å². The van der Waals surface area contributed by atoms with E-state index in [1.807, 2.05) is 28.9 Å². The Kier molecular flexibility index (Phi) is 4.46. The van der Waals surface area contributed by atoms with Crippen LogP contribution >= 0.6 is 11.3 Å². The number of likely N-dealkylation sites (N-methyl/N-ethyl adjacent to an activating group) is 1. The van der Waals surface area contributed by atoms with E-state index >= 15 is 0 Å². The summed E-state index contributed by atoms with van der Waals surface area (Å²) in [4.78, 5) is 26.5. The number of benzene rings is 1. The fourth-order valence-electron chi connectivity index (χ4n) is 3.12. The van der Waals surface area contributed by atoms with Crippen LogP contribution < -0.4 is 0 Å². The van der Waals surface area contributed by atoms with Crippen molar-refractivity contribution in [3.05, 3.63) is 47.9 Å². The van der Waals surface area contributed by atoms with Crippen molar-refractivity contribution in [2.75, 3.05) is 33.2 Å². The van der Waals surface area contributed by atoms with Crippen LogP contribution in [0, 0.1) is 0 Å². The molecule has 0 spiro atoms. The van der Waals surface area contributed by atoms with Gasteiger partial charge in [-0.2, -0.15) is 0 Å². The highest BCUT2D eigenvalue weighted by atomic mass is 32.1. The van der Waals surface area contributed by atoms with Crippen LogP contribution in [0.3, 0.4) is 0 Å². The van der Waals surface area contributed by atoms with Crippen LogP contribution in [-0.4, -0.2) is 58.9 Å². The van der Waals surface area contributed by atoms with Gasteiger partial charge in [0.2, 0.25) is 5.91 Å². The maximum Gasteiger partial charge on any atom is 0.228 e. The molecule has 1 fully saturated rings. The predicted octanol–water partition coefficient (Wildman–Crippen LogP) is 2.67. The number of carbonyl (C=O) groups excluding carboxylic acids is 1. The van der Waals surface area contributed by atoms with E-state index in [2.05, 4.69) is 40.1 Å². The second kappa shape index (κ2) is 6.90. The molecule has 25 heavy (non-hydrogen) atoms. The molecule has 1 aliphatic rings. The summed E-state index contributed by atoms with van der Waals surface area (Å²) in [6, 6.07) is 8.35. The van der Waals surface area contributed by atoms with Gasteiger partial charge in [0.1, 0.15) is 0 Å². The van der Waals surface area contributed by atoms with Crippen LogP contribution in [-0.2, 0) is 11.2 Å². The third-order valence-electron chi connectivity index (χ3n) is 4.68. The normalized spacial score (nSPS) is 15.6. The highest BCUT2D eigenvalue weighted by molar-refractivity contribution is 7.13. The predicted molar refractivity (Wildman–Crippen MR) is 101 cm³/mol. The van der Waals surface area contributed by atoms with E-state index in [-0.39, 0.29) is 5.91 Å². The maximum atomic E-state index is 12.5. The number of aromatic nitrogens is 2. The molecule has 1 saturated heterocycles. The van der Waals surface area contributed by atoms with Crippen LogP contribution in [0.15, 0.2) is 42.2 Å². The van der Waals surface area contributed by atoms with Crippen molar-refractivity contribution >= 4 is 28.0 Å². The van der Waals surface area contributed by atoms with E-state index in [1.165, 1.54) is 0 Å².